The largest absolute Gasteiger partial charge is 0.381 e. The molecule has 2 heterocycles. The molecular formula is C21H34N4O2. The van der Waals surface area contributed by atoms with Crippen molar-refractivity contribution in [3.05, 3.63) is 35.9 Å². The monoisotopic (exact) mass is 374 g/mol. The first-order valence-electron chi connectivity index (χ1n) is 10.3. The Labute approximate surface area is 163 Å². The standard InChI is InChI=1S/C21H34N4O2/c1-3-22-21(24-17(2)18-7-5-4-6-8-18)23-15-20(19-9-12-27-16-19)25-10-13-26-14-11-25/h4-8,17,19-20H,3,9-16H2,1-2H3,(H2,22,23,24). The van der Waals surface area contributed by atoms with Crippen molar-refractivity contribution in [2.75, 3.05) is 52.6 Å². The van der Waals surface area contributed by atoms with Gasteiger partial charge in [0.25, 0.3) is 0 Å². The minimum absolute atomic E-state index is 0.209. The molecule has 1 aromatic rings. The van der Waals surface area contributed by atoms with Gasteiger partial charge >= 0.3 is 0 Å². The van der Waals surface area contributed by atoms with E-state index in [0.29, 0.717) is 12.0 Å². The molecule has 6 heteroatoms. The van der Waals surface area contributed by atoms with Gasteiger partial charge in [0.2, 0.25) is 0 Å². The Bertz CT molecular complexity index is 569. The van der Waals surface area contributed by atoms with E-state index in [0.717, 1.165) is 65.0 Å². The molecule has 0 spiro atoms. The molecule has 0 saturated carbocycles. The SMILES string of the molecule is CCNC(=NCC(C1CCOC1)N1CCOCC1)NC(C)c1ccccc1. The fraction of sp³-hybridized carbons (Fsp3) is 0.667. The zero-order chi connectivity index (χ0) is 18.9. The van der Waals surface area contributed by atoms with E-state index >= 15 is 0 Å². The first-order chi connectivity index (χ1) is 13.3. The number of rotatable bonds is 7. The maximum atomic E-state index is 5.67. The molecule has 27 heavy (non-hydrogen) atoms. The smallest absolute Gasteiger partial charge is 0.191 e. The molecule has 2 aliphatic rings. The third kappa shape index (κ3) is 5.92. The Balaban J connectivity index is 1.66. The molecule has 0 bridgehead atoms. The van der Waals surface area contributed by atoms with Crippen molar-refractivity contribution < 1.29 is 9.47 Å². The average molecular weight is 375 g/mol. The molecule has 1 aromatic carbocycles. The number of guanidine groups is 1. The van der Waals surface area contributed by atoms with Gasteiger partial charge in [-0.3, -0.25) is 9.89 Å². The Hall–Kier alpha value is -1.63. The number of morpholine rings is 1. The van der Waals surface area contributed by atoms with E-state index in [-0.39, 0.29) is 6.04 Å². The molecule has 2 saturated heterocycles. The van der Waals surface area contributed by atoms with Crippen LogP contribution in [0.15, 0.2) is 35.3 Å². The highest BCUT2D eigenvalue weighted by Crippen LogP contribution is 2.22. The van der Waals surface area contributed by atoms with Crippen LogP contribution in [0.25, 0.3) is 0 Å². The number of nitrogens with zero attached hydrogens (tertiary/aromatic N) is 2. The van der Waals surface area contributed by atoms with Crippen molar-refractivity contribution in [1.82, 2.24) is 15.5 Å². The first kappa shape index (κ1) is 20.1. The molecule has 3 atom stereocenters. The molecular weight excluding hydrogens is 340 g/mol. The highest BCUT2D eigenvalue weighted by atomic mass is 16.5. The second-order valence-electron chi connectivity index (χ2n) is 7.34. The fourth-order valence-corrected chi connectivity index (χ4v) is 3.86. The van der Waals surface area contributed by atoms with Crippen LogP contribution in [0, 0.1) is 5.92 Å². The molecule has 0 aromatic heterocycles. The number of benzene rings is 1. The van der Waals surface area contributed by atoms with E-state index < -0.39 is 0 Å². The van der Waals surface area contributed by atoms with Gasteiger partial charge in [0.05, 0.1) is 32.4 Å². The molecule has 0 amide bonds. The number of ether oxygens (including phenoxy) is 2. The zero-order valence-electron chi connectivity index (χ0n) is 16.7. The summed E-state index contributed by atoms with van der Waals surface area (Å²) in [7, 11) is 0. The summed E-state index contributed by atoms with van der Waals surface area (Å²) < 4.78 is 11.2. The van der Waals surface area contributed by atoms with Crippen LogP contribution >= 0.6 is 0 Å². The van der Waals surface area contributed by atoms with E-state index in [2.05, 4.69) is 53.6 Å². The van der Waals surface area contributed by atoms with Gasteiger partial charge in [-0.1, -0.05) is 30.3 Å². The molecule has 3 unspecified atom stereocenters. The first-order valence-corrected chi connectivity index (χ1v) is 10.3. The third-order valence-electron chi connectivity index (χ3n) is 5.46. The molecule has 2 N–H and O–H groups in total. The number of hydrogen-bond donors (Lipinski definition) is 2. The van der Waals surface area contributed by atoms with Gasteiger partial charge in [-0.2, -0.15) is 0 Å². The van der Waals surface area contributed by atoms with Crippen molar-refractivity contribution in [3.63, 3.8) is 0 Å². The lowest BCUT2D eigenvalue weighted by atomic mass is 9.97. The topological polar surface area (TPSA) is 58.1 Å². The van der Waals surface area contributed by atoms with Gasteiger partial charge in [0.1, 0.15) is 0 Å². The summed E-state index contributed by atoms with van der Waals surface area (Å²) >= 11 is 0. The van der Waals surface area contributed by atoms with Crippen LogP contribution in [-0.2, 0) is 9.47 Å². The average Bonchev–Trinajstić information content (AvgIpc) is 3.24. The summed E-state index contributed by atoms with van der Waals surface area (Å²) in [4.78, 5) is 7.49. The van der Waals surface area contributed by atoms with Gasteiger partial charge in [-0.15, -0.1) is 0 Å². The predicted octanol–water partition coefficient (Wildman–Crippen LogP) is 2.04. The van der Waals surface area contributed by atoms with Crippen molar-refractivity contribution in [3.8, 4) is 0 Å². The number of nitrogens with one attached hydrogen (secondary N) is 2. The van der Waals surface area contributed by atoms with E-state index in [1.165, 1.54) is 5.56 Å². The molecule has 150 valence electrons. The van der Waals surface area contributed by atoms with Gasteiger partial charge in [0, 0.05) is 38.2 Å². The molecule has 6 nitrogen and oxygen atoms in total. The highest BCUT2D eigenvalue weighted by Gasteiger charge is 2.31. The van der Waals surface area contributed by atoms with E-state index in [1.54, 1.807) is 0 Å². The van der Waals surface area contributed by atoms with Crippen molar-refractivity contribution in [2.45, 2.75) is 32.4 Å². The summed E-state index contributed by atoms with van der Waals surface area (Å²) in [5.74, 6) is 1.44. The van der Waals surface area contributed by atoms with E-state index in [9.17, 15) is 0 Å². The lowest BCUT2D eigenvalue weighted by Crippen LogP contribution is -2.49. The summed E-state index contributed by atoms with van der Waals surface area (Å²) in [5, 5.41) is 6.94. The molecule has 2 aliphatic heterocycles. The van der Waals surface area contributed by atoms with Gasteiger partial charge in [-0.25, -0.2) is 0 Å². The Kier molecular flexibility index (Phi) is 7.93. The minimum atomic E-state index is 0.209. The van der Waals surface area contributed by atoms with E-state index in [1.807, 2.05) is 6.07 Å². The summed E-state index contributed by atoms with van der Waals surface area (Å²) in [5.41, 5.74) is 1.26. The van der Waals surface area contributed by atoms with Gasteiger partial charge in [0.15, 0.2) is 5.96 Å². The number of aliphatic imine (C=N–C) groups is 1. The van der Waals surface area contributed by atoms with Crippen LogP contribution in [-0.4, -0.2) is 69.5 Å². The van der Waals surface area contributed by atoms with Crippen molar-refractivity contribution in [1.29, 1.82) is 0 Å². The van der Waals surface area contributed by atoms with Crippen molar-refractivity contribution in [2.24, 2.45) is 10.9 Å². The van der Waals surface area contributed by atoms with Gasteiger partial charge in [-0.05, 0) is 25.8 Å². The lowest BCUT2D eigenvalue weighted by molar-refractivity contribution is 0.00368. The molecule has 0 radical (unpaired) electrons. The van der Waals surface area contributed by atoms with Crippen LogP contribution in [0.2, 0.25) is 0 Å². The Morgan fingerprint density at radius 2 is 1.96 bits per heavy atom. The third-order valence-corrected chi connectivity index (χ3v) is 5.46. The highest BCUT2D eigenvalue weighted by molar-refractivity contribution is 5.80. The molecule has 2 fully saturated rings. The summed E-state index contributed by atoms with van der Waals surface area (Å²) in [6.07, 6.45) is 1.13. The second-order valence-corrected chi connectivity index (χ2v) is 7.34. The molecule has 3 rings (SSSR count). The zero-order valence-corrected chi connectivity index (χ0v) is 16.7. The Morgan fingerprint density at radius 3 is 2.63 bits per heavy atom. The molecule has 0 aliphatic carbocycles. The maximum absolute atomic E-state index is 5.67. The summed E-state index contributed by atoms with van der Waals surface area (Å²) in [6, 6.07) is 11.1. The maximum Gasteiger partial charge on any atom is 0.191 e. The second kappa shape index (κ2) is 10.6. The normalized spacial score (nSPS) is 23.8. The van der Waals surface area contributed by atoms with Crippen molar-refractivity contribution >= 4 is 5.96 Å². The van der Waals surface area contributed by atoms with Crippen LogP contribution in [0.5, 0.6) is 0 Å². The predicted molar refractivity (Wildman–Crippen MR) is 109 cm³/mol. The van der Waals surface area contributed by atoms with Gasteiger partial charge < -0.3 is 20.1 Å². The number of hydrogen-bond acceptors (Lipinski definition) is 4. The van der Waals surface area contributed by atoms with Crippen LogP contribution in [0.4, 0.5) is 0 Å². The summed E-state index contributed by atoms with van der Waals surface area (Å²) in [6.45, 7) is 11.2. The van der Waals surface area contributed by atoms with Crippen LogP contribution in [0.1, 0.15) is 31.9 Å². The quantitative estimate of drug-likeness (QED) is 0.565. The minimum Gasteiger partial charge on any atom is -0.381 e. The lowest BCUT2D eigenvalue weighted by Gasteiger charge is -2.36. The van der Waals surface area contributed by atoms with Crippen LogP contribution in [0.3, 0.4) is 0 Å². The van der Waals surface area contributed by atoms with E-state index in [4.69, 9.17) is 14.5 Å². The van der Waals surface area contributed by atoms with Crippen LogP contribution < -0.4 is 10.6 Å². The fourth-order valence-electron chi connectivity index (χ4n) is 3.86. The Morgan fingerprint density at radius 1 is 1.19 bits per heavy atom.